The van der Waals surface area contributed by atoms with Crippen LogP contribution in [0, 0.1) is 10.1 Å². The maximum atomic E-state index is 12.6. The number of carbonyl (C=O) groups is 1. The molecule has 0 radical (unpaired) electrons. The van der Waals surface area contributed by atoms with Crippen LogP contribution in [-0.2, 0) is 35.1 Å². The number of allylic oxidation sites excluding steroid dienone is 7. The zero-order chi connectivity index (χ0) is 25.6. The van der Waals surface area contributed by atoms with Gasteiger partial charge in [-0.15, -0.1) is 10.2 Å². The van der Waals surface area contributed by atoms with Crippen LogP contribution in [0.5, 0.6) is 0 Å². The minimum atomic E-state index is -5.42. The standard InChI is InChI=1S/C16H11N3O12S3.3Na/c20-16-14(34(29,30)31)6-8-5-9(32(23,24)25)1-3-11(8)15(16)18-17-12-4-2-10(33(26,27)28)7-13(12)19(21)22;;;/h1-7H,(H2,23,24,25)(H,26,27,28)(H,29,30,31);;;/q;3*+1/p-3. The van der Waals surface area contributed by atoms with Crippen molar-refractivity contribution < 1.29 is 138 Å². The van der Waals surface area contributed by atoms with Gasteiger partial charge in [-0.3, -0.25) is 23.7 Å². The van der Waals surface area contributed by atoms with Crippen molar-refractivity contribution in [3.8, 4) is 0 Å². The van der Waals surface area contributed by atoms with Gasteiger partial charge >= 0.3 is 88.7 Å². The van der Waals surface area contributed by atoms with E-state index >= 15 is 0 Å². The zero-order valence-electron chi connectivity index (χ0n) is 19.0. The third kappa shape index (κ3) is 8.55. The minimum absolute atomic E-state index is 0. The molecular weight excluding hydrogens is 591 g/mol. The first-order valence-electron chi connectivity index (χ1n) is 8.37. The fourth-order valence-electron chi connectivity index (χ4n) is 2.76. The Kier molecular flexibility index (Phi) is 13.2. The summed E-state index contributed by atoms with van der Waals surface area (Å²) >= 11 is 0. The van der Waals surface area contributed by atoms with Crippen LogP contribution in [0.1, 0.15) is 0 Å². The van der Waals surface area contributed by atoms with E-state index in [1.807, 2.05) is 0 Å². The summed E-state index contributed by atoms with van der Waals surface area (Å²) in [5.41, 5.74) is -3.06. The summed E-state index contributed by atoms with van der Waals surface area (Å²) in [6, 6.07) is 1.94. The number of hydrogen-bond donors (Lipinski definition) is 1. The van der Waals surface area contributed by atoms with Gasteiger partial charge in [-0.05, 0) is 35.9 Å². The molecule has 0 fully saturated rings. The number of nitro groups is 1. The van der Waals surface area contributed by atoms with E-state index in [0.717, 1.165) is 24.3 Å². The number of ketones is 1. The van der Waals surface area contributed by atoms with Gasteiger partial charge in [-0.1, -0.05) is 6.08 Å². The van der Waals surface area contributed by atoms with Crippen molar-refractivity contribution in [1.29, 1.82) is 0 Å². The van der Waals surface area contributed by atoms with Gasteiger partial charge in [0.15, 0.2) is 5.69 Å². The molecule has 0 amide bonds. The van der Waals surface area contributed by atoms with E-state index in [1.54, 1.807) is 0 Å². The van der Waals surface area contributed by atoms with Crippen LogP contribution in [0.4, 0.5) is 11.4 Å². The van der Waals surface area contributed by atoms with Crippen LogP contribution >= 0.6 is 0 Å². The fraction of sp³-hybridized carbons (Fsp3) is 0. The summed E-state index contributed by atoms with van der Waals surface area (Å²) in [6.07, 6.45) is 2.91. The molecule has 0 spiro atoms. The monoisotopic (exact) mass is 599 g/mol. The van der Waals surface area contributed by atoms with Crippen molar-refractivity contribution in [2.45, 2.75) is 4.90 Å². The summed E-state index contributed by atoms with van der Waals surface area (Å²) in [7, 11) is -15.2. The number of azo groups is 1. The molecular formula is C16H8N3Na3O12S3. The van der Waals surface area contributed by atoms with Gasteiger partial charge in [0, 0.05) is 16.5 Å². The molecule has 2 aliphatic carbocycles. The quantitative estimate of drug-likeness (QED) is 0.0826. The van der Waals surface area contributed by atoms with E-state index < -0.39 is 72.8 Å². The molecule has 0 aromatic heterocycles. The number of carbonyl (C=O) groups excluding carboxylic acids is 1. The Morgan fingerprint density at radius 1 is 0.892 bits per heavy atom. The second-order valence-electron chi connectivity index (χ2n) is 6.43. The molecule has 15 nitrogen and oxygen atoms in total. The Morgan fingerprint density at radius 2 is 1.49 bits per heavy atom. The van der Waals surface area contributed by atoms with Gasteiger partial charge in [0.1, 0.15) is 25.6 Å². The van der Waals surface area contributed by atoms with E-state index in [2.05, 4.69) is 10.2 Å². The number of hydrogen-bond acceptors (Lipinski definition) is 13. The second-order valence-corrected chi connectivity index (χ2v) is 10.6. The van der Waals surface area contributed by atoms with Crippen LogP contribution < -0.4 is 88.7 Å². The molecule has 0 saturated carbocycles. The molecule has 2 aliphatic rings. The van der Waals surface area contributed by atoms with Gasteiger partial charge in [0.25, 0.3) is 15.8 Å². The molecule has 1 N–H and O–H groups in total. The average Bonchev–Trinajstić information content (AvgIpc) is 2.70. The Balaban J connectivity index is 0.00000432. The van der Waals surface area contributed by atoms with Crippen LogP contribution in [0.25, 0.3) is 0 Å². The first-order valence-corrected chi connectivity index (χ1v) is 12.6. The number of Topliss-reactive ketones (excluding diaryl/α,β-unsaturated/α-hetero) is 1. The van der Waals surface area contributed by atoms with E-state index in [4.69, 9.17) is 4.55 Å². The molecule has 0 heterocycles. The molecule has 180 valence electrons. The Hall–Kier alpha value is -0.390. The topological polar surface area (TPSA) is 260 Å². The first kappa shape index (κ1) is 36.6. The molecule has 0 saturated heterocycles. The third-order valence-electron chi connectivity index (χ3n) is 4.26. The smallest absolute Gasteiger partial charge is 0.788 e. The summed E-state index contributed by atoms with van der Waals surface area (Å²) in [5, 5.41) is 18.2. The van der Waals surface area contributed by atoms with Crippen LogP contribution in [0.3, 0.4) is 0 Å². The Morgan fingerprint density at radius 3 is 1.97 bits per heavy atom. The summed E-state index contributed by atoms with van der Waals surface area (Å²) in [5.74, 6) is -1.47. The minimum Gasteiger partial charge on any atom is -0.788 e. The Bertz CT molecular complexity index is 1660. The van der Waals surface area contributed by atoms with E-state index in [-0.39, 0.29) is 99.8 Å². The Labute approximate surface area is 276 Å². The largest absolute Gasteiger partial charge is 1.00 e. The van der Waals surface area contributed by atoms with Crippen molar-refractivity contribution in [3.05, 3.63) is 74.4 Å². The summed E-state index contributed by atoms with van der Waals surface area (Å²) in [4.78, 5) is 19.7. The van der Waals surface area contributed by atoms with Crippen LogP contribution in [0.15, 0.2) is 79.4 Å². The number of benzene rings is 1. The molecule has 1 aromatic carbocycles. The van der Waals surface area contributed by atoms with Crippen molar-refractivity contribution in [2.24, 2.45) is 10.2 Å². The molecule has 0 unspecified atom stereocenters. The first-order chi connectivity index (χ1) is 15.5. The number of rotatable bonds is 5. The third-order valence-corrected chi connectivity index (χ3v) is 6.78. The van der Waals surface area contributed by atoms with Crippen LogP contribution in [0.2, 0.25) is 0 Å². The normalized spacial score (nSPS) is 15.7. The number of nitrogens with zero attached hydrogens (tertiary/aromatic N) is 3. The van der Waals surface area contributed by atoms with Gasteiger partial charge in [-0.25, -0.2) is 8.42 Å². The molecule has 21 heteroatoms. The molecule has 3 rings (SSSR count). The number of nitro benzene ring substituents is 1. The fourth-order valence-corrected chi connectivity index (χ4v) is 4.36. The molecule has 0 bridgehead atoms. The number of fused-ring (bicyclic) bond motifs is 1. The van der Waals surface area contributed by atoms with Gasteiger partial charge in [-0.2, -0.15) is 18.5 Å². The van der Waals surface area contributed by atoms with Crippen molar-refractivity contribution in [2.75, 3.05) is 0 Å². The van der Waals surface area contributed by atoms with Crippen LogP contribution in [-0.4, -0.2) is 54.8 Å². The SMILES string of the molecule is O=C1C(S(=O)(=O)[O-])=CC2=CC(=S(=O)([O-])[O-])C=CC2=C1N=Nc1ccc(S(=O)(=O)O)cc1[N+](=O)[O-].[Na+].[Na+].[Na+]. The predicted molar refractivity (Wildman–Crippen MR) is 109 cm³/mol. The van der Waals surface area contributed by atoms with E-state index in [1.165, 1.54) is 0 Å². The molecule has 1 aromatic rings. The summed E-state index contributed by atoms with van der Waals surface area (Å²) in [6.45, 7) is 0. The molecule has 37 heavy (non-hydrogen) atoms. The molecule has 0 aliphatic heterocycles. The van der Waals surface area contributed by atoms with Crippen molar-refractivity contribution in [3.63, 3.8) is 0 Å². The van der Waals surface area contributed by atoms with E-state index in [9.17, 15) is 49.6 Å². The van der Waals surface area contributed by atoms with Gasteiger partial charge in [0.05, 0.1) is 4.92 Å². The van der Waals surface area contributed by atoms with Crippen molar-refractivity contribution in [1.82, 2.24) is 0 Å². The zero-order valence-corrected chi connectivity index (χ0v) is 27.5. The second kappa shape index (κ2) is 13.3. The van der Waals surface area contributed by atoms with Gasteiger partial charge in [0.2, 0.25) is 5.78 Å². The summed E-state index contributed by atoms with van der Waals surface area (Å²) < 4.78 is 99.7. The van der Waals surface area contributed by atoms with E-state index in [0.29, 0.717) is 18.2 Å². The average molecular weight is 599 g/mol. The predicted octanol–water partition coefficient (Wildman–Crippen LogP) is -8.58. The van der Waals surface area contributed by atoms with Crippen molar-refractivity contribution >= 4 is 52.3 Å². The van der Waals surface area contributed by atoms with Gasteiger partial charge < -0.3 is 13.7 Å². The molecule has 0 atom stereocenters. The maximum Gasteiger partial charge on any atom is 1.00 e. The maximum absolute atomic E-state index is 12.6.